The van der Waals surface area contributed by atoms with E-state index in [0.717, 1.165) is 15.8 Å². The second kappa shape index (κ2) is 5.54. The minimum Gasteiger partial charge on any atom is -0.454 e. The number of ether oxygens (including phenoxy) is 2. The number of rotatable bonds is 3. The molecule has 2 aromatic heterocycles. The lowest BCUT2D eigenvalue weighted by Gasteiger charge is -2.05. The van der Waals surface area contributed by atoms with Gasteiger partial charge in [-0.2, -0.15) is 5.10 Å². The van der Waals surface area contributed by atoms with Crippen LogP contribution in [-0.2, 0) is 6.54 Å². The van der Waals surface area contributed by atoms with Crippen molar-refractivity contribution >= 4 is 27.5 Å². The van der Waals surface area contributed by atoms with Gasteiger partial charge in [-0.05, 0) is 33.6 Å². The van der Waals surface area contributed by atoms with Crippen LogP contribution < -0.4 is 14.8 Å². The van der Waals surface area contributed by atoms with Crippen molar-refractivity contribution in [3.8, 4) is 11.5 Å². The van der Waals surface area contributed by atoms with Gasteiger partial charge in [-0.1, -0.05) is 6.07 Å². The third-order valence-corrected chi connectivity index (χ3v) is 3.87. The van der Waals surface area contributed by atoms with Crippen molar-refractivity contribution in [1.29, 1.82) is 0 Å². The third kappa shape index (κ3) is 2.61. The second-order valence-corrected chi connectivity index (χ2v) is 5.88. The minimum atomic E-state index is -0.229. The van der Waals surface area contributed by atoms with Crippen LogP contribution in [0.15, 0.2) is 41.3 Å². The number of hydrogen-bond acceptors (Lipinski definition) is 5. The fourth-order valence-corrected chi connectivity index (χ4v) is 2.64. The lowest BCUT2D eigenvalue weighted by molar-refractivity contribution is 0.0952. The van der Waals surface area contributed by atoms with Gasteiger partial charge in [0.05, 0.1) is 10.7 Å². The van der Waals surface area contributed by atoms with Crippen LogP contribution in [0, 0.1) is 0 Å². The molecule has 1 amide bonds. The summed E-state index contributed by atoms with van der Waals surface area (Å²) >= 11 is 3.32. The van der Waals surface area contributed by atoms with Crippen molar-refractivity contribution in [1.82, 2.24) is 19.9 Å². The zero-order valence-corrected chi connectivity index (χ0v) is 13.4. The van der Waals surface area contributed by atoms with Crippen LogP contribution in [-0.4, -0.2) is 27.3 Å². The molecule has 1 aliphatic rings. The molecular weight excluding hydrogens is 364 g/mol. The SMILES string of the molecule is O=C(NCc1ccc2c(c1)OCO2)c1cnn2cc(Br)cnc12. The smallest absolute Gasteiger partial charge is 0.257 e. The Morgan fingerprint density at radius 1 is 1.30 bits per heavy atom. The van der Waals surface area contributed by atoms with E-state index >= 15 is 0 Å². The van der Waals surface area contributed by atoms with Gasteiger partial charge in [0.25, 0.3) is 5.91 Å². The molecule has 1 N–H and O–H groups in total. The molecule has 0 atom stereocenters. The Balaban J connectivity index is 1.51. The molecule has 0 saturated heterocycles. The van der Waals surface area contributed by atoms with Gasteiger partial charge in [0.2, 0.25) is 6.79 Å². The average molecular weight is 375 g/mol. The van der Waals surface area contributed by atoms with Gasteiger partial charge in [-0.3, -0.25) is 4.79 Å². The van der Waals surface area contributed by atoms with Crippen LogP contribution in [0.1, 0.15) is 15.9 Å². The minimum absolute atomic E-state index is 0.229. The van der Waals surface area contributed by atoms with E-state index in [1.165, 1.54) is 6.20 Å². The summed E-state index contributed by atoms with van der Waals surface area (Å²) in [5.74, 6) is 1.18. The molecule has 0 saturated carbocycles. The molecule has 0 radical (unpaired) electrons. The zero-order chi connectivity index (χ0) is 15.8. The molecule has 4 rings (SSSR count). The normalized spacial score (nSPS) is 12.6. The van der Waals surface area contributed by atoms with E-state index in [1.807, 2.05) is 18.2 Å². The predicted octanol–water partition coefficient (Wildman–Crippen LogP) is 2.15. The molecule has 0 aliphatic carbocycles. The first kappa shape index (κ1) is 14.0. The van der Waals surface area contributed by atoms with E-state index in [4.69, 9.17) is 9.47 Å². The van der Waals surface area contributed by atoms with E-state index in [2.05, 4.69) is 31.3 Å². The van der Waals surface area contributed by atoms with Crippen molar-refractivity contribution < 1.29 is 14.3 Å². The Bertz CT molecular complexity index is 909. The Morgan fingerprint density at radius 2 is 2.17 bits per heavy atom. The molecule has 0 unspecified atom stereocenters. The topological polar surface area (TPSA) is 77.8 Å². The highest BCUT2D eigenvalue weighted by molar-refractivity contribution is 9.10. The summed E-state index contributed by atoms with van der Waals surface area (Å²) in [6.07, 6.45) is 4.88. The summed E-state index contributed by atoms with van der Waals surface area (Å²) in [4.78, 5) is 16.6. The molecule has 0 fully saturated rings. The van der Waals surface area contributed by atoms with Crippen molar-refractivity contribution in [2.24, 2.45) is 0 Å². The van der Waals surface area contributed by atoms with Crippen LogP contribution in [0.4, 0.5) is 0 Å². The summed E-state index contributed by atoms with van der Waals surface area (Å²) in [7, 11) is 0. The summed E-state index contributed by atoms with van der Waals surface area (Å²) in [5, 5.41) is 6.99. The standard InChI is InChI=1S/C15H11BrN4O3/c16-10-5-17-14-11(6-19-20(14)7-10)15(21)18-4-9-1-2-12-13(3-9)23-8-22-12/h1-3,5-7H,4,8H2,(H,18,21). The maximum Gasteiger partial charge on any atom is 0.257 e. The number of halogens is 1. The average Bonchev–Trinajstić information content (AvgIpc) is 3.18. The van der Waals surface area contributed by atoms with Crippen LogP contribution >= 0.6 is 15.9 Å². The third-order valence-electron chi connectivity index (χ3n) is 3.46. The Kier molecular flexibility index (Phi) is 3.38. The molecule has 8 heteroatoms. The highest BCUT2D eigenvalue weighted by atomic mass is 79.9. The van der Waals surface area contributed by atoms with E-state index in [-0.39, 0.29) is 12.7 Å². The zero-order valence-electron chi connectivity index (χ0n) is 11.8. The number of benzene rings is 1. The fraction of sp³-hybridized carbons (Fsp3) is 0.133. The number of fused-ring (bicyclic) bond motifs is 2. The molecule has 116 valence electrons. The van der Waals surface area contributed by atoms with E-state index < -0.39 is 0 Å². The molecule has 3 aromatic rings. The second-order valence-electron chi connectivity index (χ2n) is 4.97. The number of amides is 1. The van der Waals surface area contributed by atoms with Gasteiger partial charge in [0.1, 0.15) is 5.56 Å². The molecule has 1 aromatic carbocycles. The number of nitrogens with zero attached hydrogens (tertiary/aromatic N) is 3. The Hall–Kier alpha value is -2.61. The maximum absolute atomic E-state index is 12.3. The van der Waals surface area contributed by atoms with Gasteiger partial charge >= 0.3 is 0 Å². The van der Waals surface area contributed by atoms with Gasteiger partial charge in [0, 0.05) is 18.9 Å². The molecule has 0 bridgehead atoms. The Labute approximate surface area is 139 Å². The van der Waals surface area contributed by atoms with Gasteiger partial charge in [-0.25, -0.2) is 9.50 Å². The number of carbonyl (C=O) groups is 1. The quantitative estimate of drug-likeness (QED) is 0.759. The first-order valence-corrected chi connectivity index (χ1v) is 7.65. The highest BCUT2D eigenvalue weighted by Crippen LogP contribution is 2.32. The number of carbonyl (C=O) groups excluding carboxylic acids is 1. The first-order chi connectivity index (χ1) is 11.2. The van der Waals surface area contributed by atoms with E-state index in [0.29, 0.717) is 23.5 Å². The van der Waals surface area contributed by atoms with Gasteiger partial charge in [0.15, 0.2) is 17.1 Å². The van der Waals surface area contributed by atoms with Gasteiger partial charge < -0.3 is 14.8 Å². The van der Waals surface area contributed by atoms with Crippen molar-refractivity contribution in [2.75, 3.05) is 6.79 Å². The van der Waals surface area contributed by atoms with Crippen molar-refractivity contribution in [3.63, 3.8) is 0 Å². The summed E-state index contributed by atoms with van der Waals surface area (Å²) in [6, 6.07) is 5.57. The van der Waals surface area contributed by atoms with Crippen LogP contribution in [0.25, 0.3) is 5.65 Å². The highest BCUT2D eigenvalue weighted by Gasteiger charge is 2.16. The maximum atomic E-state index is 12.3. The largest absolute Gasteiger partial charge is 0.454 e. The van der Waals surface area contributed by atoms with Crippen LogP contribution in [0.5, 0.6) is 11.5 Å². The van der Waals surface area contributed by atoms with Gasteiger partial charge in [-0.15, -0.1) is 0 Å². The summed E-state index contributed by atoms with van der Waals surface area (Å²) in [6.45, 7) is 0.609. The fourth-order valence-electron chi connectivity index (χ4n) is 2.34. The summed E-state index contributed by atoms with van der Waals surface area (Å²) in [5.41, 5.74) is 1.87. The first-order valence-electron chi connectivity index (χ1n) is 6.86. The molecule has 0 spiro atoms. The van der Waals surface area contributed by atoms with E-state index in [9.17, 15) is 4.79 Å². The number of nitrogens with one attached hydrogen (secondary N) is 1. The van der Waals surface area contributed by atoms with Crippen LogP contribution in [0.2, 0.25) is 0 Å². The molecule has 23 heavy (non-hydrogen) atoms. The van der Waals surface area contributed by atoms with Crippen molar-refractivity contribution in [2.45, 2.75) is 6.54 Å². The lowest BCUT2D eigenvalue weighted by Crippen LogP contribution is -2.22. The number of aromatic nitrogens is 3. The monoisotopic (exact) mass is 374 g/mol. The molecule has 3 heterocycles. The molecule has 1 aliphatic heterocycles. The predicted molar refractivity (Wildman–Crippen MR) is 84.4 cm³/mol. The summed E-state index contributed by atoms with van der Waals surface area (Å²) < 4.78 is 12.9. The lowest BCUT2D eigenvalue weighted by atomic mass is 10.2. The van der Waals surface area contributed by atoms with Crippen molar-refractivity contribution in [3.05, 3.63) is 52.4 Å². The Morgan fingerprint density at radius 3 is 3.09 bits per heavy atom. The number of hydrogen-bond donors (Lipinski definition) is 1. The van der Waals surface area contributed by atoms with Crippen LogP contribution in [0.3, 0.4) is 0 Å². The molecular formula is C15H11BrN4O3. The van der Waals surface area contributed by atoms with E-state index in [1.54, 1.807) is 16.9 Å². The molecule has 7 nitrogen and oxygen atoms in total.